The highest BCUT2D eigenvalue weighted by atomic mass is 15.2. The Morgan fingerprint density at radius 2 is 0.891 bits per heavy atom. The maximum atomic E-state index is 5.65. The molecule has 1 aliphatic heterocycles. The Hall–Kier alpha value is -6.13. The van der Waals surface area contributed by atoms with Gasteiger partial charge in [0, 0.05) is 22.4 Å². The fourth-order valence-corrected chi connectivity index (χ4v) is 6.33. The summed E-state index contributed by atoms with van der Waals surface area (Å²) in [6.45, 7) is 0. The van der Waals surface area contributed by atoms with E-state index in [4.69, 9.17) is 15.0 Å². The Morgan fingerprint density at radius 3 is 1.46 bits per heavy atom. The Labute approximate surface area is 268 Å². The molecule has 1 aliphatic rings. The van der Waals surface area contributed by atoms with Crippen LogP contribution in [0.4, 0.5) is 0 Å². The van der Waals surface area contributed by atoms with Crippen LogP contribution in [0.3, 0.4) is 0 Å². The molecule has 0 fully saturated rings. The SMILES string of the molecule is c1ccc(C2=NC(c3ccccc3)(c3nc(-c4ccccc4)c(-c4ccccc4)n3-c3ccccc3)C(c3ccccc3)=N2)cc1. The number of imidazole rings is 1. The summed E-state index contributed by atoms with van der Waals surface area (Å²) in [7, 11) is 0. The smallest absolute Gasteiger partial charge is 0.188 e. The Kier molecular flexibility index (Phi) is 7.01. The van der Waals surface area contributed by atoms with Gasteiger partial charge in [0.15, 0.2) is 17.2 Å². The first kappa shape index (κ1) is 27.4. The van der Waals surface area contributed by atoms with Gasteiger partial charge >= 0.3 is 0 Å². The van der Waals surface area contributed by atoms with Crippen molar-refractivity contribution in [2.75, 3.05) is 0 Å². The molecule has 4 nitrogen and oxygen atoms in total. The summed E-state index contributed by atoms with van der Waals surface area (Å²) in [5.41, 5.74) is 7.68. The molecule has 6 aromatic carbocycles. The summed E-state index contributed by atoms with van der Waals surface area (Å²) >= 11 is 0. The highest BCUT2D eigenvalue weighted by Gasteiger charge is 2.49. The molecule has 0 radical (unpaired) electrons. The Morgan fingerprint density at radius 1 is 0.435 bits per heavy atom. The summed E-state index contributed by atoms with van der Waals surface area (Å²) in [5.74, 6) is 1.45. The van der Waals surface area contributed by atoms with Gasteiger partial charge in [0.25, 0.3) is 0 Å². The monoisotopic (exact) mass is 590 g/mol. The third kappa shape index (κ3) is 4.68. The molecular formula is C42H30N4. The van der Waals surface area contributed by atoms with E-state index >= 15 is 0 Å². The van der Waals surface area contributed by atoms with Gasteiger partial charge in [0.1, 0.15) is 0 Å². The molecule has 0 bridgehead atoms. The molecule has 1 aromatic heterocycles. The van der Waals surface area contributed by atoms with Crippen LogP contribution in [0.15, 0.2) is 192 Å². The van der Waals surface area contributed by atoms with Gasteiger partial charge in [-0.05, 0) is 23.3 Å². The van der Waals surface area contributed by atoms with Gasteiger partial charge in [-0.2, -0.15) is 0 Å². The van der Waals surface area contributed by atoms with E-state index in [1.807, 2.05) is 42.5 Å². The van der Waals surface area contributed by atoms with E-state index in [2.05, 4.69) is 144 Å². The van der Waals surface area contributed by atoms with Crippen molar-refractivity contribution < 1.29 is 0 Å². The number of nitrogens with zero attached hydrogens (tertiary/aromatic N) is 4. The van der Waals surface area contributed by atoms with Crippen LogP contribution in [-0.2, 0) is 5.54 Å². The molecule has 2 heterocycles. The summed E-state index contributed by atoms with van der Waals surface area (Å²) < 4.78 is 2.29. The number of rotatable bonds is 7. The lowest BCUT2D eigenvalue weighted by Gasteiger charge is -2.30. The number of para-hydroxylation sites is 1. The van der Waals surface area contributed by atoms with Crippen LogP contribution in [0.25, 0.3) is 28.2 Å². The number of amidine groups is 1. The molecule has 0 amide bonds. The maximum absolute atomic E-state index is 5.65. The highest BCUT2D eigenvalue weighted by molar-refractivity contribution is 6.22. The first-order valence-electron chi connectivity index (χ1n) is 15.5. The van der Waals surface area contributed by atoms with E-state index in [-0.39, 0.29) is 0 Å². The zero-order chi connectivity index (χ0) is 30.8. The fourth-order valence-electron chi connectivity index (χ4n) is 6.33. The second kappa shape index (κ2) is 11.8. The molecule has 4 heteroatoms. The second-order valence-electron chi connectivity index (χ2n) is 11.2. The average Bonchev–Trinajstić information content (AvgIpc) is 3.75. The van der Waals surface area contributed by atoms with Crippen molar-refractivity contribution in [2.24, 2.45) is 9.98 Å². The minimum atomic E-state index is -1.07. The van der Waals surface area contributed by atoms with Crippen molar-refractivity contribution in [3.05, 3.63) is 205 Å². The molecule has 8 rings (SSSR count). The second-order valence-corrected chi connectivity index (χ2v) is 11.2. The molecule has 1 atom stereocenters. The first-order chi connectivity index (χ1) is 22.8. The quantitative estimate of drug-likeness (QED) is 0.182. The van der Waals surface area contributed by atoms with E-state index in [0.29, 0.717) is 5.84 Å². The molecule has 7 aromatic rings. The van der Waals surface area contributed by atoms with Gasteiger partial charge in [-0.3, -0.25) is 4.57 Å². The topological polar surface area (TPSA) is 42.5 Å². The van der Waals surface area contributed by atoms with E-state index in [1.165, 1.54) is 0 Å². The largest absolute Gasteiger partial charge is 0.293 e. The highest BCUT2D eigenvalue weighted by Crippen LogP contribution is 2.46. The van der Waals surface area contributed by atoms with E-state index in [1.54, 1.807) is 0 Å². The average molecular weight is 591 g/mol. The van der Waals surface area contributed by atoms with Gasteiger partial charge in [-0.1, -0.05) is 170 Å². The number of hydrogen-bond acceptors (Lipinski definition) is 3. The van der Waals surface area contributed by atoms with Crippen LogP contribution in [-0.4, -0.2) is 21.1 Å². The normalized spacial score (nSPS) is 15.7. The zero-order valence-electron chi connectivity index (χ0n) is 25.1. The lowest BCUT2D eigenvalue weighted by molar-refractivity contribution is 0.667. The molecule has 0 spiro atoms. The molecule has 218 valence electrons. The minimum Gasteiger partial charge on any atom is -0.293 e. The van der Waals surface area contributed by atoms with Crippen LogP contribution in [0, 0.1) is 0 Å². The number of hydrogen-bond donors (Lipinski definition) is 0. The van der Waals surface area contributed by atoms with Gasteiger partial charge in [0.2, 0.25) is 0 Å². The summed E-state index contributed by atoms with van der Waals surface area (Å²) in [5, 5.41) is 0. The van der Waals surface area contributed by atoms with Gasteiger partial charge in [-0.15, -0.1) is 0 Å². The van der Waals surface area contributed by atoms with Gasteiger partial charge in [-0.25, -0.2) is 15.0 Å². The van der Waals surface area contributed by atoms with Crippen LogP contribution in [0.2, 0.25) is 0 Å². The first-order valence-corrected chi connectivity index (χ1v) is 15.5. The maximum Gasteiger partial charge on any atom is 0.188 e. The van der Waals surface area contributed by atoms with Crippen molar-refractivity contribution in [3.8, 4) is 28.2 Å². The van der Waals surface area contributed by atoms with Crippen molar-refractivity contribution in [1.29, 1.82) is 0 Å². The molecule has 0 saturated carbocycles. The predicted octanol–water partition coefficient (Wildman–Crippen LogP) is 9.40. The van der Waals surface area contributed by atoms with Gasteiger partial charge in [0.05, 0.1) is 17.1 Å². The standard InChI is InChI=1S/C42H30N4/c1-7-19-31(20-8-1)37-38(32-21-9-2-10-22-32)46(36-29-17-6-18-30-36)41(43-37)42(35-27-15-5-16-28-35)39(33-23-11-3-12-24-33)44-40(45-42)34-25-13-4-14-26-34/h1-30H. The number of aromatic nitrogens is 2. The molecule has 1 unspecified atom stereocenters. The van der Waals surface area contributed by atoms with E-state index in [9.17, 15) is 0 Å². The molecular weight excluding hydrogens is 560 g/mol. The molecule has 0 aliphatic carbocycles. The zero-order valence-corrected chi connectivity index (χ0v) is 25.1. The summed E-state index contributed by atoms with van der Waals surface area (Å²) in [6.07, 6.45) is 0. The van der Waals surface area contributed by atoms with E-state index < -0.39 is 5.54 Å². The fraction of sp³-hybridized carbons (Fsp3) is 0.0238. The van der Waals surface area contributed by atoms with Crippen molar-refractivity contribution in [3.63, 3.8) is 0 Å². The van der Waals surface area contributed by atoms with Crippen LogP contribution in [0.1, 0.15) is 22.5 Å². The predicted molar refractivity (Wildman–Crippen MR) is 188 cm³/mol. The summed E-state index contributed by atoms with van der Waals surface area (Å²) in [4.78, 5) is 16.7. The van der Waals surface area contributed by atoms with Crippen LogP contribution < -0.4 is 0 Å². The minimum absolute atomic E-state index is 0.674. The van der Waals surface area contributed by atoms with Crippen molar-refractivity contribution in [2.45, 2.75) is 5.54 Å². The van der Waals surface area contributed by atoms with Crippen molar-refractivity contribution >= 4 is 11.5 Å². The molecule has 46 heavy (non-hydrogen) atoms. The van der Waals surface area contributed by atoms with E-state index in [0.717, 1.165) is 56.4 Å². The Balaban J connectivity index is 1.55. The van der Waals surface area contributed by atoms with Crippen molar-refractivity contribution in [1.82, 2.24) is 9.55 Å². The Bertz CT molecular complexity index is 2150. The van der Waals surface area contributed by atoms with Crippen LogP contribution >= 0.6 is 0 Å². The van der Waals surface area contributed by atoms with Gasteiger partial charge < -0.3 is 0 Å². The molecule has 0 saturated heterocycles. The lowest BCUT2D eigenvalue weighted by Crippen LogP contribution is -2.37. The number of benzene rings is 6. The third-order valence-corrected chi connectivity index (χ3v) is 8.41. The summed E-state index contributed by atoms with van der Waals surface area (Å²) in [6, 6.07) is 62.5. The van der Waals surface area contributed by atoms with Crippen LogP contribution in [0.5, 0.6) is 0 Å². The third-order valence-electron chi connectivity index (χ3n) is 8.41. The number of aliphatic imine (C=N–C) groups is 2. The lowest BCUT2D eigenvalue weighted by atomic mass is 9.81. The molecule has 0 N–H and O–H groups in total.